The van der Waals surface area contributed by atoms with Gasteiger partial charge in [-0.15, -0.1) is 0 Å². The van der Waals surface area contributed by atoms with Crippen LogP contribution in [-0.2, 0) is 9.47 Å². The lowest BCUT2D eigenvalue weighted by Gasteiger charge is -2.24. The molecule has 1 heterocycles. The van der Waals surface area contributed by atoms with E-state index in [1.54, 1.807) is 0 Å². The van der Waals surface area contributed by atoms with Crippen molar-refractivity contribution < 1.29 is 14.6 Å². The molecule has 1 aliphatic rings. The fourth-order valence-corrected chi connectivity index (χ4v) is 2.54. The number of hydrogen-bond acceptors (Lipinski definition) is 3. The molecule has 0 aromatic heterocycles. The lowest BCUT2D eigenvalue weighted by molar-refractivity contribution is -0.163. The average Bonchev–Trinajstić information content (AvgIpc) is 2.48. The number of aliphatic hydroxyl groups is 1. The van der Waals surface area contributed by atoms with Gasteiger partial charge in [-0.25, -0.2) is 0 Å². The first kappa shape index (κ1) is 14.5. The van der Waals surface area contributed by atoms with Crippen LogP contribution in [0.3, 0.4) is 0 Å². The Labute approximate surface area is 115 Å². The van der Waals surface area contributed by atoms with Crippen molar-refractivity contribution in [1.29, 1.82) is 0 Å². The Bertz CT molecular complexity index is 333. The van der Waals surface area contributed by atoms with Gasteiger partial charge < -0.3 is 14.6 Å². The lowest BCUT2D eigenvalue weighted by atomic mass is 9.93. The van der Waals surface area contributed by atoms with E-state index >= 15 is 0 Å². The first-order valence-corrected chi connectivity index (χ1v) is 7.29. The van der Waals surface area contributed by atoms with E-state index in [1.165, 1.54) is 12.0 Å². The van der Waals surface area contributed by atoms with E-state index < -0.39 is 0 Å². The highest BCUT2D eigenvalue weighted by Crippen LogP contribution is 2.24. The van der Waals surface area contributed by atoms with Crippen LogP contribution >= 0.6 is 0 Å². The van der Waals surface area contributed by atoms with Crippen LogP contribution in [0.15, 0.2) is 30.3 Å². The van der Waals surface area contributed by atoms with Gasteiger partial charge in [0.2, 0.25) is 0 Å². The van der Waals surface area contributed by atoms with Crippen molar-refractivity contribution >= 4 is 0 Å². The minimum absolute atomic E-state index is 0.0145. The highest BCUT2D eigenvalue weighted by Gasteiger charge is 2.16. The maximum atomic E-state index is 9.18. The Morgan fingerprint density at radius 2 is 2.05 bits per heavy atom. The van der Waals surface area contributed by atoms with Gasteiger partial charge in [0, 0.05) is 13.2 Å². The molecular weight excluding hydrogens is 240 g/mol. The zero-order chi connectivity index (χ0) is 13.3. The number of rotatable bonds is 7. The van der Waals surface area contributed by atoms with E-state index in [0.29, 0.717) is 12.5 Å². The predicted octanol–water partition coefficient (Wildman–Crippen LogP) is 3.09. The van der Waals surface area contributed by atoms with Gasteiger partial charge in [0.05, 0.1) is 6.61 Å². The fraction of sp³-hybridized carbons (Fsp3) is 0.625. The standard InChI is InChI=1S/C16H24O3/c17-11-9-15(14-6-2-1-3-7-14)10-13-19-16-8-4-5-12-18-16/h1-3,6-7,15-17H,4-5,8-13H2. The number of benzene rings is 1. The molecule has 2 rings (SSSR count). The van der Waals surface area contributed by atoms with E-state index in [2.05, 4.69) is 12.1 Å². The van der Waals surface area contributed by atoms with E-state index in [0.717, 1.165) is 32.3 Å². The first-order chi connectivity index (χ1) is 9.40. The molecule has 1 aromatic carbocycles. The molecule has 3 nitrogen and oxygen atoms in total. The van der Waals surface area contributed by atoms with Crippen molar-refractivity contribution in [2.75, 3.05) is 19.8 Å². The van der Waals surface area contributed by atoms with Gasteiger partial charge >= 0.3 is 0 Å². The summed E-state index contributed by atoms with van der Waals surface area (Å²) in [5.41, 5.74) is 1.28. The smallest absolute Gasteiger partial charge is 0.157 e. The molecule has 1 aliphatic heterocycles. The molecule has 1 saturated heterocycles. The van der Waals surface area contributed by atoms with E-state index in [4.69, 9.17) is 9.47 Å². The number of ether oxygens (including phenoxy) is 2. The Balaban J connectivity index is 1.77. The van der Waals surface area contributed by atoms with Crippen LogP contribution in [-0.4, -0.2) is 31.2 Å². The third-order valence-corrected chi connectivity index (χ3v) is 3.66. The van der Waals surface area contributed by atoms with Crippen LogP contribution < -0.4 is 0 Å². The molecule has 0 amide bonds. The second kappa shape index (κ2) is 8.31. The van der Waals surface area contributed by atoms with Crippen molar-refractivity contribution in [2.45, 2.75) is 44.3 Å². The van der Waals surface area contributed by atoms with Crippen LogP contribution in [0.1, 0.15) is 43.6 Å². The minimum Gasteiger partial charge on any atom is -0.396 e. The second-order valence-electron chi connectivity index (χ2n) is 5.08. The molecule has 0 aliphatic carbocycles. The van der Waals surface area contributed by atoms with Crippen LogP contribution in [0.5, 0.6) is 0 Å². The van der Waals surface area contributed by atoms with E-state index in [1.807, 2.05) is 18.2 Å². The second-order valence-corrected chi connectivity index (χ2v) is 5.08. The van der Waals surface area contributed by atoms with Crippen molar-refractivity contribution in [3.05, 3.63) is 35.9 Å². The van der Waals surface area contributed by atoms with Gasteiger partial charge in [0.25, 0.3) is 0 Å². The molecule has 1 aromatic rings. The molecule has 1 fully saturated rings. The van der Waals surface area contributed by atoms with Gasteiger partial charge in [0.15, 0.2) is 6.29 Å². The van der Waals surface area contributed by atoms with E-state index in [9.17, 15) is 5.11 Å². The summed E-state index contributed by atoms with van der Waals surface area (Å²) in [6.45, 7) is 1.74. The van der Waals surface area contributed by atoms with Crippen molar-refractivity contribution in [3.63, 3.8) is 0 Å². The summed E-state index contributed by atoms with van der Waals surface area (Å²) in [6.07, 6.45) is 5.07. The van der Waals surface area contributed by atoms with Crippen molar-refractivity contribution in [3.8, 4) is 0 Å². The highest BCUT2D eigenvalue weighted by molar-refractivity contribution is 5.19. The fourth-order valence-electron chi connectivity index (χ4n) is 2.54. The van der Waals surface area contributed by atoms with Gasteiger partial charge in [-0.2, -0.15) is 0 Å². The van der Waals surface area contributed by atoms with Crippen LogP contribution in [0.2, 0.25) is 0 Å². The summed E-state index contributed by atoms with van der Waals surface area (Å²) in [4.78, 5) is 0. The summed E-state index contributed by atoms with van der Waals surface area (Å²) in [6, 6.07) is 10.4. The Morgan fingerprint density at radius 1 is 1.21 bits per heavy atom. The van der Waals surface area contributed by atoms with Crippen LogP contribution in [0.25, 0.3) is 0 Å². The summed E-state index contributed by atoms with van der Waals surface area (Å²) in [5.74, 6) is 0.370. The average molecular weight is 264 g/mol. The first-order valence-electron chi connectivity index (χ1n) is 7.29. The molecule has 2 atom stereocenters. The van der Waals surface area contributed by atoms with Gasteiger partial charge in [-0.3, -0.25) is 0 Å². The number of aliphatic hydroxyl groups excluding tert-OH is 1. The molecule has 0 radical (unpaired) electrons. The third-order valence-electron chi connectivity index (χ3n) is 3.66. The highest BCUT2D eigenvalue weighted by atomic mass is 16.7. The molecule has 2 unspecified atom stereocenters. The third kappa shape index (κ3) is 4.94. The molecule has 0 saturated carbocycles. The SMILES string of the molecule is OCCC(CCOC1CCCCO1)c1ccccc1. The van der Waals surface area contributed by atoms with Crippen molar-refractivity contribution in [2.24, 2.45) is 0 Å². The van der Waals surface area contributed by atoms with Crippen molar-refractivity contribution in [1.82, 2.24) is 0 Å². The zero-order valence-electron chi connectivity index (χ0n) is 11.5. The molecular formula is C16H24O3. The topological polar surface area (TPSA) is 38.7 Å². The van der Waals surface area contributed by atoms with Gasteiger partial charge in [-0.1, -0.05) is 30.3 Å². The Kier molecular flexibility index (Phi) is 6.34. The summed E-state index contributed by atoms with van der Waals surface area (Å²) in [7, 11) is 0. The normalized spacial score (nSPS) is 21.2. The van der Waals surface area contributed by atoms with Crippen LogP contribution in [0, 0.1) is 0 Å². The molecule has 19 heavy (non-hydrogen) atoms. The van der Waals surface area contributed by atoms with E-state index in [-0.39, 0.29) is 12.9 Å². The molecule has 0 spiro atoms. The quantitative estimate of drug-likeness (QED) is 0.822. The van der Waals surface area contributed by atoms with Gasteiger partial charge in [0.1, 0.15) is 0 Å². The monoisotopic (exact) mass is 264 g/mol. The summed E-state index contributed by atoms with van der Waals surface area (Å²) >= 11 is 0. The predicted molar refractivity (Wildman–Crippen MR) is 75.0 cm³/mol. The summed E-state index contributed by atoms with van der Waals surface area (Å²) in [5, 5.41) is 9.18. The molecule has 106 valence electrons. The minimum atomic E-state index is -0.0145. The zero-order valence-corrected chi connectivity index (χ0v) is 11.5. The van der Waals surface area contributed by atoms with Crippen LogP contribution in [0.4, 0.5) is 0 Å². The lowest BCUT2D eigenvalue weighted by Crippen LogP contribution is -2.23. The maximum absolute atomic E-state index is 9.18. The van der Waals surface area contributed by atoms with Gasteiger partial charge in [-0.05, 0) is 43.6 Å². The maximum Gasteiger partial charge on any atom is 0.157 e. The Morgan fingerprint density at radius 3 is 2.74 bits per heavy atom. The molecule has 1 N–H and O–H groups in total. The largest absolute Gasteiger partial charge is 0.396 e. The summed E-state index contributed by atoms with van der Waals surface area (Å²) < 4.78 is 11.3. The number of hydrogen-bond donors (Lipinski definition) is 1. The Hall–Kier alpha value is -0.900. The molecule has 0 bridgehead atoms. The molecule has 3 heteroatoms.